The van der Waals surface area contributed by atoms with Crippen molar-refractivity contribution in [1.29, 1.82) is 0 Å². The van der Waals surface area contributed by atoms with Crippen LogP contribution in [-0.4, -0.2) is 23.5 Å². The summed E-state index contributed by atoms with van der Waals surface area (Å²) in [5.74, 6) is -2.08. The van der Waals surface area contributed by atoms with Gasteiger partial charge in [-0.3, -0.25) is 20.2 Å². The molecule has 0 unspecified atom stereocenters. The van der Waals surface area contributed by atoms with Crippen LogP contribution in [-0.2, 0) is 11.3 Å². The Morgan fingerprint density at radius 3 is 2.75 bits per heavy atom. The lowest BCUT2D eigenvalue weighted by atomic mass is 10.3. The molecule has 24 heavy (non-hydrogen) atoms. The highest BCUT2D eigenvalue weighted by Crippen LogP contribution is 2.22. The second kappa shape index (κ2) is 8.02. The smallest absolute Gasteiger partial charge is 0.321 e. The molecule has 0 fully saturated rings. The molecule has 1 aromatic heterocycles. The number of nitro groups is 1. The van der Waals surface area contributed by atoms with Crippen LogP contribution >= 0.6 is 11.3 Å². The molecule has 0 bridgehead atoms. The van der Waals surface area contributed by atoms with Gasteiger partial charge in [-0.2, -0.15) is 0 Å². The van der Waals surface area contributed by atoms with E-state index in [2.05, 4.69) is 5.32 Å². The van der Waals surface area contributed by atoms with Crippen LogP contribution in [0.4, 0.5) is 14.9 Å². The predicted molar refractivity (Wildman–Crippen MR) is 83.2 cm³/mol. The highest BCUT2D eigenvalue weighted by molar-refractivity contribution is 7.09. The summed E-state index contributed by atoms with van der Waals surface area (Å²) in [7, 11) is 0. The Bertz CT molecular complexity index is 751. The van der Waals surface area contributed by atoms with Gasteiger partial charge in [0.25, 0.3) is 11.6 Å². The van der Waals surface area contributed by atoms with E-state index in [-0.39, 0.29) is 12.3 Å². The van der Waals surface area contributed by atoms with Gasteiger partial charge in [0.05, 0.1) is 17.5 Å². The number of non-ortho nitro benzene ring substituents is 1. The number of urea groups is 1. The molecule has 0 atom stereocenters. The van der Waals surface area contributed by atoms with Gasteiger partial charge in [0.2, 0.25) is 0 Å². The lowest BCUT2D eigenvalue weighted by Crippen LogP contribution is -2.41. The first-order valence-corrected chi connectivity index (χ1v) is 7.50. The Labute approximate surface area is 139 Å². The number of nitro benzene ring substituents is 1. The molecule has 0 saturated carbocycles. The van der Waals surface area contributed by atoms with Crippen LogP contribution in [0.25, 0.3) is 0 Å². The zero-order valence-corrected chi connectivity index (χ0v) is 13.0. The normalized spacial score (nSPS) is 10.0. The molecule has 2 aromatic rings. The minimum absolute atomic E-state index is 0.272. The Balaban J connectivity index is 1.78. The molecule has 2 N–H and O–H groups in total. The number of ether oxygens (including phenoxy) is 1. The van der Waals surface area contributed by atoms with Crippen molar-refractivity contribution in [3.8, 4) is 5.75 Å². The van der Waals surface area contributed by atoms with Gasteiger partial charge in [-0.15, -0.1) is 11.3 Å². The summed E-state index contributed by atoms with van der Waals surface area (Å²) in [6.07, 6.45) is 0. The minimum atomic E-state index is -0.973. The minimum Gasteiger partial charge on any atom is -0.481 e. The zero-order valence-electron chi connectivity index (χ0n) is 12.2. The number of nitrogens with zero attached hydrogens (tertiary/aromatic N) is 1. The molecule has 126 valence electrons. The quantitative estimate of drug-likeness (QED) is 0.611. The monoisotopic (exact) mass is 353 g/mol. The van der Waals surface area contributed by atoms with Crippen LogP contribution in [0.3, 0.4) is 0 Å². The van der Waals surface area contributed by atoms with Gasteiger partial charge in [-0.1, -0.05) is 6.07 Å². The molecule has 10 heteroatoms. The summed E-state index contributed by atoms with van der Waals surface area (Å²) in [4.78, 5) is 33.7. The van der Waals surface area contributed by atoms with E-state index in [4.69, 9.17) is 4.74 Å². The van der Waals surface area contributed by atoms with E-state index in [0.29, 0.717) is 6.07 Å². The summed E-state index contributed by atoms with van der Waals surface area (Å²) in [5.41, 5.74) is -0.433. The van der Waals surface area contributed by atoms with Gasteiger partial charge in [-0.25, -0.2) is 9.18 Å². The third-order valence-electron chi connectivity index (χ3n) is 2.74. The molecule has 1 aromatic carbocycles. The number of imide groups is 1. The Kier molecular flexibility index (Phi) is 5.79. The van der Waals surface area contributed by atoms with Crippen molar-refractivity contribution in [3.63, 3.8) is 0 Å². The first kappa shape index (κ1) is 17.3. The number of hydrogen-bond donors (Lipinski definition) is 2. The Hall–Kier alpha value is -3.01. The highest BCUT2D eigenvalue weighted by Gasteiger charge is 2.14. The fraction of sp³-hybridized carbons (Fsp3) is 0.143. The first-order chi connectivity index (χ1) is 11.5. The van der Waals surface area contributed by atoms with Crippen LogP contribution in [0.15, 0.2) is 35.7 Å². The molecule has 3 amide bonds. The summed E-state index contributed by atoms with van der Waals surface area (Å²) in [5, 5.41) is 16.8. The molecule has 0 aliphatic rings. The van der Waals surface area contributed by atoms with Crippen molar-refractivity contribution in [2.45, 2.75) is 6.54 Å². The molecule has 2 rings (SSSR count). The van der Waals surface area contributed by atoms with Crippen molar-refractivity contribution in [3.05, 3.63) is 56.5 Å². The predicted octanol–water partition coefficient (Wildman–Crippen LogP) is 2.20. The van der Waals surface area contributed by atoms with Crippen molar-refractivity contribution in [1.82, 2.24) is 10.6 Å². The number of carbonyl (C=O) groups is 2. The van der Waals surface area contributed by atoms with Gasteiger partial charge in [0, 0.05) is 10.9 Å². The number of halogens is 1. The van der Waals surface area contributed by atoms with Crippen LogP contribution in [0.2, 0.25) is 0 Å². The maximum Gasteiger partial charge on any atom is 0.321 e. The van der Waals surface area contributed by atoms with E-state index in [9.17, 15) is 24.1 Å². The van der Waals surface area contributed by atoms with E-state index in [1.54, 1.807) is 0 Å². The number of amides is 3. The van der Waals surface area contributed by atoms with Gasteiger partial charge in [0.15, 0.2) is 18.2 Å². The number of benzene rings is 1. The molecule has 1 heterocycles. The molecular weight excluding hydrogens is 341 g/mol. The average molecular weight is 353 g/mol. The standard InChI is InChI=1S/C14H12FN3O5S/c15-11-6-9(18(21)22)3-4-12(11)23-8-13(19)17-14(20)16-7-10-2-1-5-24-10/h1-6H,7-8H2,(H2,16,17,19,20). The fourth-order valence-corrected chi connectivity index (χ4v) is 2.30. The maximum absolute atomic E-state index is 13.6. The largest absolute Gasteiger partial charge is 0.481 e. The number of hydrogen-bond acceptors (Lipinski definition) is 6. The van der Waals surface area contributed by atoms with Crippen molar-refractivity contribution < 1.29 is 23.6 Å². The molecule has 0 spiro atoms. The molecule has 8 nitrogen and oxygen atoms in total. The summed E-state index contributed by atoms with van der Waals surface area (Å²) >= 11 is 1.45. The number of rotatable bonds is 6. The highest BCUT2D eigenvalue weighted by atomic mass is 32.1. The second-order valence-corrected chi connectivity index (χ2v) is 5.50. The molecule has 0 aliphatic carbocycles. The molecular formula is C14H12FN3O5S. The third kappa shape index (κ3) is 5.02. The summed E-state index contributed by atoms with van der Waals surface area (Å²) < 4.78 is 18.5. The lowest BCUT2D eigenvalue weighted by molar-refractivity contribution is -0.385. The summed E-state index contributed by atoms with van der Waals surface area (Å²) in [6.45, 7) is -0.338. The lowest BCUT2D eigenvalue weighted by Gasteiger charge is -2.08. The SMILES string of the molecule is O=C(COc1ccc([N+](=O)[O-])cc1F)NC(=O)NCc1cccs1. The van der Waals surface area contributed by atoms with E-state index >= 15 is 0 Å². The number of nitrogens with one attached hydrogen (secondary N) is 2. The van der Waals surface area contributed by atoms with E-state index < -0.39 is 35.0 Å². The number of thiophene rings is 1. The Morgan fingerprint density at radius 2 is 2.12 bits per heavy atom. The molecule has 0 aliphatic heterocycles. The van der Waals surface area contributed by atoms with Gasteiger partial charge >= 0.3 is 6.03 Å². The van der Waals surface area contributed by atoms with E-state index in [0.717, 1.165) is 17.0 Å². The van der Waals surface area contributed by atoms with Crippen molar-refractivity contribution >= 4 is 29.0 Å². The fourth-order valence-electron chi connectivity index (χ4n) is 1.65. The van der Waals surface area contributed by atoms with Gasteiger partial charge in [0.1, 0.15) is 0 Å². The van der Waals surface area contributed by atoms with Gasteiger partial charge < -0.3 is 10.1 Å². The van der Waals surface area contributed by atoms with Crippen LogP contribution in [0.1, 0.15) is 4.88 Å². The van der Waals surface area contributed by atoms with Crippen LogP contribution < -0.4 is 15.4 Å². The van der Waals surface area contributed by atoms with Crippen molar-refractivity contribution in [2.24, 2.45) is 0 Å². The van der Waals surface area contributed by atoms with Crippen LogP contribution in [0, 0.1) is 15.9 Å². The van der Waals surface area contributed by atoms with Gasteiger partial charge in [-0.05, 0) is 17.5 Å². The topological polar surface area (TPSA) is 111 Å². The average Bonchev–Trinajstić information content (AvgIpc) is 3.05. The molecule has 0 saturated heterocycles. The first-order valence-electron chi connectivity index (χ1n) is 6.62. The van der Waals surface area contributed by atoms with Crippen LogP contribution in [0.5, 0.6) is 5.75 Å². The zero-order chi connectivity index (χ0) is 17.5. The maximum atomic E-state index is 13.6. The number of carbonyl (C=O) groups excluding carboxylic acids is 2. The third-order valence-corrected chi connectivity index (χ3v) is 3.62. The van der Waals surface area contributed by atoms with E-state index in [1.165, 1.54) is 11.3 Å². The second-order valence-electron chi connectivity index (χ2n) is 4.47. The van der Waals surface area contributed by atoms with Crippen molar-refractivity contribution in [2.75, 3.05) is 6.61 Å². The Morgan fingerprint density at radius 1 is 1.33 bits per heavy atom. The molecule has 0 radical (unpaired) electrons. The summed E-state index contributed by atoms with van der Waals surface area (Å²) in [6, 6.07) is 5.72. The van der Waals surface area contributed by atoms with E-state index in [1.807, 2.05) is 22.8 Å².